The summed E-state index contributed by atoms with van der Waals surface area (Å²) in [5.74, 6) is 1.79. The lowest BCUT2D eigenvalue weighted by atomic mass is 10.2. The molecule has 4 aromatic rings. The highest BCUT2D eigenvalue weighted by Gasteiger charge is 2.22. The average molecular weight is 409 g/mol. The molecule has 0 fully saturated rings. The summed E-state index contributed by atoms with van der Waals surface area (Å²) < 4.78 is 20.8. The predicted molar refractivity (Wildman–Crippen MR) is 109 cm³/mol. The van der Waals surface area contributed by atoms with Crippen LogP contribution in [0.2, 0.25) is 0 Å². The van der Waals surface area contributed by atoms with Gasteiger partial charge >= 0.3 is 0 Å². The molecule has 0 aliphatic carbocycles. The predicted octanol–water partition coefficient (Wildman–Crippen LogP) is 5.43. The summed E-state index contributed by atoms with van der Waals surface area (Å²) in [5.41, 5.74) is 1.70. The molecular weight excluding hydrogens is 389 g/mol. The van der Waals surface area contributed by atoms with Gasteiger partial charge in [-0.1, -0.05) is 61.1 Å². The van der Waals surface area contributed by atoms with Crippen molar-refractivity contribution < 1.29 is 8.91 Å². The zero-order valence-corrected chi connectivity index (χ0v) is 17.1. The SMILES string of the molecule is CC(C)c1noc(C(C)Sc2nnc(-c3ccccc3)n2-c2ccc(F)cc2)n1. The Hall–Kier alpha value is -3.00. The largest absolute Gasteiger partial charge is 0.338 e. The molecule has 1 atom stereocenters. The molecule has 0 radical (unpaired) electrons. The van der Waals surface area contributed by atoms with E-state index in [1.807, 2.05) is 55.7 Å². The molecule has 0 bridgehead atoms. The van der Waals surface area contributed by atoms with E-state index in [-0.39, 0.29) is 17.0 Å². The van der Waals surface area contributed by atoms with Crippen molar-refractivity contribution in [3.8, 4) is 17.1 Å². The monoisotopic (exact) mass is 409 g/mol. The number of rotatable bonds is 6. The van der Waals surface area contributed by atoms with E-state index in [0.717, 1.165) is 11.3 Å². The molecule has 0 amide bonds. The topological polar surface area (TPSA) is 69.6 Å². The van der Waals surface area contributed by atoms with Crippen molar-refractivity contribution in [3.05, 3.63) is 72.1 Å². The van der Waals surface area contributed by atoms with Gasteiger partial charge in [-0.15, -0.1) is 10.2 Å². The van der Waals surface area contributed by atoms with Gasteiger partial charge in [0.25, 0.3) is 0 Å². The van der Waals surface area contributed by atoms with E-state index in [0.29, 0.717) is 22.7 Å². The van der Waals surface area contributed by atoms with Crippen molar-refractivity contribution in [1.29, 1.82) is 0 Å². The minimum Gasteiger partial charge on any atom is -0.338 e. The highest BCUT2D eigenvalue weighted by atomic mass is 32.2. The van der Waals surface area contributed by atoms with E-state index in [2.05, 4.69) is 20.3 Å². The Morgan fingerprint density at radius 2 is 1.69 bits per heavy atom. The van der Waals surface area contributed by atoms with Gasteiger partial charge in [-0.05, 0) is 31.2 Å². The molecule has 2 aromatic heterocycles. The summed E-state index contributed by atoms with van der Waals surface area (Å²) in [6, 6.07) is 16.0. The zero-order chi connectivity index (χ0) is 20.4. The Labute approximate surface area is 172 Å². The van der Waals surface area contributed by atoms with Crippen molar-refractivity contribution in [2.24, 2.45) is 0 Å². The van der Waals surface area contributed by atoms with E-state index in [4.69, 9.17) is 4.52 Å². The van der Waals surface area contributed by atoms with Crippen LogP contribution in [-0.2, 0) is 0 Å². The summed E-state index contributed by atoms with van der Waals surface area (Å²) in [4.78, 5) is 4.48. The van der Waals surface area contributed by atoms with E-state index >= 15 is 0 Å². The molecule has 0 saturated heterocycles. The van der Waals surface area contributed by atoms with Crippen LogP contribution in [0.3, 0.4) is 0 Å². The normalized spacial score (nSPS) is 12.4. The summed E-state index contributed by atoms with van der Waals surface area (Å²) in [5, 5.41) is 13.4. The number of hydrogen-bond acceptors (Lipinski definition) is 6. The van der Waals surface area contributed by atoms with Gasteiger partial charge in [0, 0.05) is 17.2 Å². The van der Waals surface area contributed by atoms with Gasteiger partial charge in [0.2, 0.25) is 5.89 Å². The van der Waals surface area contributed by atoms with Crippen LogP contribution < -0.4 is 0 Å². The van der Waals surface area contributed by atoms with Gasteiger partial charge in [0.05, 0.1) is 5.25 Å². The van der Waals surface area contributed by atoms with Crippen LogP contribution in [0.1, 0.15) is 43.7 Å². The van der Waals surface area contributed by atoms with E-state index < -0.39 is 0 Å². The van der Waals surface area contributed by atoms with E-state index in [1.54, 1.807) is 12.1 Å². The van der Waals surface area contributed by atoms with E-state index in [1.165, 1.54) is 23.9 Å². The Morgan fingerprint density at radius 3 is 2.34 bits per heavy atom. The summed E-state index contributed by atoms with van der Waals surface area (Å²) >= 11 is 1.46. The first-order chi connectivity index (χ1) is 14.0. The van der Waals surface area contributed by atoms with Gasteiger partial charge in [0.1, 0.15) is 5.82 Å². The van der Waals surface area contributed by atoms with Crippen LogP contribution in [0.5, 0.6) is 0 Å². The number of hydrogen-bond donors (Lipinski definition) is 0. The molecule has 0 N–H and O–H groups in total. The minimum absolute atomic E-state index is 0.123. The Balaban J connectivity index is 1.73. The Bertz CT molecular complexity index is 1090. The van der Waals surface area contributed by atoms with Crippen molar-refractivity contribution in [3.63, 3.8) is 0 Å². The van der Waals surface area contributed by atoms with Gasteiger partial charge in [-0.3, -0.25) is 4.57 Å². The standard InChI is InChI=1S/C21H20FN5OS/c1-13(2)18-23-20(28-26-18)14(3)29-21-25-24-19(15-7-5-4-6-8-15)27(21)17-11-9-16(22)10-12-17/h4-14H,1-3H3. The molecule has 0 aliphatic rings. The molecule has 29 heavy (non-hydrogen) atoms. The number of aromatic nitrogens is 5. The third kappa shape index (κ3) is 4.07. The van der Waals surface area contributed by atoms with Gasteiger partial charge in [-0.2, -0.15) is 4.98 Å². The highest BCUT2D eigenvalue weighted by Crippen LogP contribution is 2.36. The molecule has 1 unspecified atom stereocenters. The number of nitrogens with zero attached hydrogens (tertiary/aromatic N) is 5. The lowest BCUT2D eigenvalue weighted by Crippen LogP contribution is -2.01. The minimum atomic E-state index is -0.294. The first kappa shape index (κ1) is 19.3. The van der Waals surface area contributed by atoms with Crippen LogP contribution >= 0.6 is 11.8 Å². The van der Waals surface area contributed by atoms with Crippen LogP contribution in [0.25, 0.3) is 17.1 Å². The number of benzene rings is 2. The second kappa shape index (κ2) is 8.16. The third-order valence-electron chi connectivity index (χ3n) is 4.35. The van der Waals surface area contributed by atoms with E-state index in [9.17, 15) is 4.39 Å². The maximum Gasteiger partial charge on any atom is 0.239 e. The van der Waals surface area contributed by atoms with Crippen molar-refractivity contribution in [2.45, 2.75) is 37.1 Å². The summed E-state index contributed by atoms with van der Waals surface area (Å²) in [6.07, 6.45) is 0. The Kier molecular flexibility index (Phi) is 5.44. The smallest absolute Gasteiger partial charge is 0.239 e. The number of halogens is 1. The lowest BCUT2D eigenvalue weighted by Gasteiger charge is -2.12. The number of thioether (sulfide) groups is 1. The molecule has 2 aromatic carbocycles. The van der Waals surface area contributed by atoms with Crippen LogP contribution in [0.4, 0.5) is 4.39 Å². The molecule has 0 saturated carbocycles. The molecule has 6 nitrogen and oxygen atoms in total. The quantitative estimate of drug-likeness (QED) is 0.395. The molecule has 0 aliphatic heterocycles. The van der Waals surface area contributed by atoms with Gasteiger partial charge < -0.3 is 4.52 Å². The van der Waals surface area contributed by atoms with Gasteiger partial charge in [-0.25, -0.2) is 4.39 Å². The van der Waals surface area contributed by atoms with Crippen molar-refractivity contribution in [2.75, 3.05) is 0 Å². The second-order valence-corrected chi connectivity index (χ2v) is 8.20. The molecule has 8 heteroatoms. The lowest BCUT2D eigenvalue weighted by molar-refractivity contribution is 0.373. The highest BCUT2D eigenvalue weighted by molar-refractivity contribution is 7.99. The summed E-state index contributed by atoms with van der Waals surface area (Å²) in [7, 11) is 0. The summed E-state index contributed by atoms with van der Waals surface area (Å²) in [6.45, 7) is 6.02. The van der Waals surface area contributed by atoms with Crippen LogP contribution in [0, 0.1) is 5.82 Å². The Morgan fingerprint density at radius 1 is 0.966 bits per heavy atom. The maximum atomic E-state index is 13.5. The molecular formula is C21H20FN5OS. The molecule has 4 rings (SSSR count). The maximum absolute atomic E-state index is 13.5. The van der Waals surface area contributed by atoms with Gasteiger partial charge in [0.15, 0.2) is 16.8 Å². The molecule has 2 heterocycles. The zero-order valence-electron chi connectivity index (χ0n) is 16.3. The molecule has 0 spiro atoms. The second-order valence-electron chi connectivity index (χ2n) is 6.89. The fourth-order valence-electron chi connectivity index (χ4n) is 2.80. The third-order valence-corrected chi connectivity index (χ3v) is 5.38. The van der Waals surface area contributed by atoms with Crippen LogP contribution in [0.15, 0.2) is 64.3 Å². The molecule has 148 valence electrons. The first-order valence-electron chi connectivity index (χ1n) is 9.30. The average Bonchev–Trinajstić information content (AvgIpc) is 3.37. The fraction of sp³-hybridized carbons (Fsp3) is 0.238. The fourth-order valence-corrected chi connectivity index (χ4v) is 3.70. The first-order valence-corrected chi connectivity index (χ1v) is 10.2. The van der Waals surface area contributed by atoms with Crippen LogP contribution in [-0.4, -0.2) is 24.9 Å². The van der Waals surface area contributed by atoms with Crippen molar-refractivity contribution in [1.82, 2.24) is 24.9 Å². The van der Waals surface area contributed by atoms with Crippen molar-refractivity contribution >= 4 is 11.8 Å².